The third-order valence-electron chi connectivity index (χ3n) is 4.18. The molecule has 4 heterocycles. The number of hydrogen-bond acceptors (Lipinski definition) is 6. The van der Waals surface area contributed by atoms with Gasteiger partial charge in [0.05, 0.1) is 10.9 Å². The van der Waals surface area contributed by atoms with E-state index in [0.29, 0.717) is 5.89 Å². The molecule has 0 aliphatic carbocycles. The highest BCUT2D eigenvalue weighted by Gasteiger charge is 2.30. The molecule has 0 bridgehead atoms. The van der Waals surface area contributed by atoms with Crippen LogP contribution in [0.25, 0.3) is 10.8 Å². The van der Waals surface area contributed by atoms with Gasteiger partial charge in [-0.3, -0.25) is 9.88 Å². The van der Waals surface area contributed by atoms with Gasteiger partial charge in [-0.1, -0.05) is 0 Å². The summed E-state index contributed by atoms with van der Waals surface area (Å²) in [4.78, 5) is 8.78. The molecule has 0 amide bonds. The summed E-state index contributed by atoms with van der Waals surface area (Å²) in [5.74, 6) is 1.37. The summed E-state index contributed by atoms with van der Waals surface area (Å²) in [5, 5.41) is 8.55. The van der Waals surface area contributed by atoms with Gasteiger partial charge in [0.25, 0.3) is 5.89 Å². The molecule has 3 aromatic heterocycles. The van der Waals surface area contributed by atoms with Gasteiger partial charge in [-0.05, 0) is 56.1 Å². The third-order valence-corrected chi connectivity index (χ3v) is 5.16. The molecule has 1 fully saturated rings. The number of likely N-dealkylation sites (tertiary alicyclic amines) is 1. The normalized spacial score (nSPS) is 18.6. The Balaban J connectivity index is 1.54. The van der Waals surface area contributed by atoms with E-state index in [-0.39, 0.29) is 6.04 Å². The molecule has 4 rings (SSSR count). The minimum Gasteiger partial charge on any atom is -0.418 e. The number of nitrogens with zero attached hydrogens (tertiary/aromatic N) is 4. The highest BCUT2D eigenvalue weighted by molar-refractivity contribution is 7.15. The molecule has 0 N–H and O–H groups in total. The molecule has 1 atom stereocenters. The van der Waals surface area contributed by atoms with Crippen LogP contribution in [-0.4, -0.2) is 26.6 Å². The summed E-state index contributed by atoms with van der Waals surface area (Å²) in [5.41, 5.74) is 1.26. The van der Waals surface area contributed by atoms with E-state index in [2.05, 4.69) is 45.2 Å². The molecule has 1 saturated heterocycles. The third kappa shape index (κ3) is 3.04. The van der Waals surface area contributed by atoms with E-state index in [9.17, 15) is 0 Å². The second kappa shape index (κ2) is 6.22. The molecule has 5 nitrogen and oxygen atoms in total. The molecule has 0 saturated carbocycles. The zero-order valence-electron chi connectivity index (χ0n) is 13.0. The SMILES string of the molecule is Cc1ccc(-c2nnc([C@H]3CCCN3Cc3ccncc3)o2)s1. The fourth-order valence-corrected chi connectivity index (χ4v) is 3.82. The van der Waals surface area contributed by atoms with Crippen LogP contribution in [-0.2, 0) is 6.54 Å². The lowest BCUT2D eigenvalue weighted by molar-refractivity contribution is 0.215. The molecule has 3 aromatic rings. The summed E-state index contributed by atoms with van der Waals surface area (Å²) in [6.07, 6.45) is 5.90. The minimum absolute atomic E-state index is 0.213. The van der Waals surface area contributed by atoms with Crippen molar-refractivity contribution in [3.63, 3.8) is 0 Å². The van der Waals surface area contributed by atoms with Crippen LogP contribution in [0.5, 0.6) is 0 Å². The maximum atomic E-state index is 5.97. The Kier molecular flexibility index (Phi) is 3.93. The Labute approximate surface area is 139 Å². The fourth-order valence-electron chi connectivity index (χ4n) is 3.04. The predicted octanol–water partition coefficient (Wildman–Crippen LogP) is 3.84. The molecule has 0 radical (unpaired) electrons. The van der Waals surface area contributed by atoms with Gasteiger partial charge < -0.3 is 4.42 Å². The predicted molar refractivity (Wildman–Crippen MR) is 89.0 cm³/mol. The van der Waals surface area contributed by atoms with Crippen molar-refractivity contribution in [3.05, 3.63) is 53.0 Å². The van der Waals surface area contributed by atoms with Gasteiger partial charge in [0.15, 0.2) is 0 Å². The molecule has 1 aliphatic heterocycles. The Morgan fingerprint density at radius 3 is 2.87 bits per heavy atom. The maximum absolute atomic E-state index is 5.97. The Bertz CT molecular complexity index is 783. The smallest absolute Gasteiger partial charge is 0.257 e. The molecular weight excluding hydrogens is 308 g/mol. The Hall–Kier alpha value is -2.05. The number of rotatable bonds is 4. The first-order chi connectivity index (χ1) is 11.3. The highest BCUT2D eigenvalue weighted by atomic mass is 32.1. The van der Waals surface area contributed by atoms with E-state index in [4.69, 9.17) is 4.42 Å². The minimum atomic E-state index is 0.213. The lowest BCUT2D eigenvalue weighted by Gasteiger charge is -2.21. The van der Waals surface area contributed by atoms with E-state index < -0.39 is 0 Å². The number of pyridine rings is 1. The summed E-state index contributed by atoms with van der Waals surface area (Å²) in [6, 6.07) is 8.45. The number of hydrogen-bond donors (Lipinski definition) is 0. The number of thiophene rings is 1. The van der Waals surface area contributed by atoms with Crippen molar-refractivity contribution in [1.82, 2.24) is 20.1 Å². The number of aryl methyl sites for hydroxylation is 1. The largest absolute Gasteiger partial charge is 0.418 e. The van der Waals surface area contributed by atoms with Gasteiger partial charge in [-0.2, -0.15) is 0 Å². The van der Waals surface area contributed by atoms with Gasteiger partial charge in [0, 0.05) is 23.8 Å². The van der Waals surface area contributed by atoms with Crippen molar-refractivity contribution in [1.29, 1.82) is 0 Å². The first kappa shape index (κ1) is 14.5. The van der Waals surface area contributed by atoms with Crippen LogP contribution in [0.2, 0.25) is 0 Å². The Morgan fingerprint density at radius 2 is 2.09 bits per heavy atom. The fraction of sp³-hybridized carbons (Fsp3) is 0.353. The van der Waals surface area contributed by atoms with Crippen LogP contribution in [0.3, 0.4) is 0 Å². The van der Waals surface area contributed by atoms with Gasteiger partial charge in [-0.25, -0.2) is 0 Å². The van der Waals surface area contributed by atoms with E-state index >= 15 is 0 Å². The molecule has 1 aliphatic rings. The zero-order valence-corrected chi connectivity index (χ0v) is 13.8. The topological polar surface area (TPSA) is 55.1 Å². The molecular formula is C17H18N4OS. The zero-order chi connectivity index (χ0) is 15.6. The van der Waals surface area contributed by atoms with E-state index in [0.717, 1.165) is 36.7 Å². The summed E-state index contributed by atoms with van der Waals surface area (Å²) in [7, 11) is 0. The molecule has 23 heavy (non-hydrogen) atoms. The van der Waals surface area contributed by atoms with E-state index in [1.807, 2.05) is 18.5 Å². The monoisotopic (exact) mass is 326 g/mol. The summed E-state index contributed by atoms with van der Waals surface area (Å²) < 4.78 is 5.97. The van der Waals surface area contributed by atoms with Crippen molar-refractivity contribution >= 4 is 11.3 Å². The van der Waals surface area contributed by atoms with Crippen LogP contribution in [0.15, 0.2) is 41.1 Å². The number of aromatic nitrogens is 3. The van der Waals surface area contributed by atoms with Crippen LogP contribution in [0, 0.1) is 6.92 Å². The van der Waals surface area contributed by atoms with Crippen LogP contribution < -0.4 is 0 Å². The van der Waals surface area contributed by atoms with E-state index in [1.54, 1.807) is 11.3 Å². The average Bonchev–Trinajstić information content (AvgIpc) is 3.28. The first-order valence-electron chi connectivity index (χ1n) is 7.83. The maximum Gasteiger partial charge on any atom is 0.257 e. The Morgan fingerprint density at radius 1 is 1.22 bits per heavy atom. The second-order valence-electron chi connectivity index (χ2n) is 5.84. The average molecular weight is 326 g/mol. The van der Waals surface area contributed by atoms with Crippen LogP contribution in [0.4, 0.5) is 0 Å². The van der Waals surface area contributed by atoms with Crippen molar-refractivity contribution in [2.75, 3.05) is 6.54 Å². The summed E-state index contributed by atoms with van der Waals surface area (Å²) in [6.45, 7) is 4.03. The van der Waals surface area contributed by atoms with Crippen molar-refractivity contribution in [3.8, 4) is 10.8 Å². The van der Waals surface area contributed by atoms with Gasteiger partial charge in [0.1, 0.15) is 0 Å². The first-order valence-corrected chi connectivity index (χ1v) is 8.64. The van der Waals surface area contributed by atoms with Crippen molar-refractivity contribution in [2.45, 2.75) is 32.4 Å². The lowest BCUT2D eigenvalue weighted by atomic mass is 10.2. The quantitative estimate of drug-likeness (QED) is 0.729. The molecule has 118 valence electrons. The van der Waals surface area contributed by atoms with E-state index in [1.165, 1.54) is 10.4 Å². The second-order valence-corrected chi connectivity index (χ2v) is 7.13. The molecule has 0 aromatic carbocycles. The highest BCUT2D eigenvalue weighted by Crippen LogP contribution is 2.34. The lowest BCUT2D eigenvalue weighted by Crippen LogP contribution is -2.23. The molecule has 0 unspecified atom stereocenters. The van der Waals surface area contributed by atoms with Gasteiger partial charge in [-0.15, -0.1) is 21.5 Å². The van der Waals surface area contributed by atoms with Crippen molar-refractivity contribution < 1.29 is 4.42 Å². The summed E-state index contributed by atoms with van der Waals surface area (Å²) >= 11 is 1.68. The standard InChI is InChI=1S/C17H18N4OS/c1-12-4-5-15(23-12)17-20-19-16(22-17)14-3-2-10-21(14)11-13-6-8-18-9-7-13/h4-9,14H,2-3,10-11H2,1H3/t14-/m1/s1. The van der Waals surface area contributed by atoms with Crippen LogP contribution in [0.1, 0.15) is 35.2 Å². The van der Waals surface area contributed by atoms with Crippen LogP contribution >= 0.6 is 11.3 Å². The van der Waals surface area contributed by atoms with Gasteiger partial charge in [0.2, 0.25) is 5.89 Å². The molecule has 6 heteroatoms. The van der Waals surface area contributed by atoms with Crippen molar-refractivity contribution in [2.24, 2.45) is 0 Å². The molecule has 0 spiro atoms. The van der Waals surface area contributed by atoms with Gasteiger partial charge >= 0.3 is 0 Å².